The molecule has 16 heteroatoms. The molecule has 4 aliphatic rings. The van der Waals surface area contributed by atoms with E-state index in [2.05, 4.69) is 0 Å². The second kappa shape index (κ2) is 13.2. The Morgan fingerprint density at radius 2 is 1.69 bits per heavy atom. The number of ether oxygens (including phenoxy) is 2. The lowest BCUT2D eigenvalue weighted by molar-refractivity contribution is -0.384. The van der Waals surface area contributed by atoms with E-state index in [9.17, 15) is 29.6 Å². The molecule has 0 spiro atoms. The van der Waals surface area contributed by atoms with E-state index in [-0.39, 0.29) is 47.3 Å². The Bertz CT molecular complexity index is 2680. The molecule has 4 amide bonds. The maximum atomic E-state index is 15.2. The second-order valence-electron chi connectivity index (χ2n) is 15.4. The number of carbonyl (C=O) groups is 4. The van der Waals surface area contributed by atoms with Gasteiger partial charge in [-0.05, 0) is 85.5 Å². The molecule has 0 unspecified atom stereocenters. The Balaban J connectivity index is 1.17. The number of aromatic hydroxyl groups is 1. The third-order valence-corrected chi connectivity index (χ3v) is 14.2. The fourth-order valence-electron chi connectivity index (χ4n) is 9.91. The normalized spacial score (nSPS) is 25.2. The number of allylic oxidation sites excluding steroid dienone is 2. The van der Waals surface area contributed by atoms with Crippen LogP contribution < -0.4 is 19.3 Å². The summed E-state index contributed by atoms with van der Waals surface area (Å²) in [7, 11) is 4.46. The first-order valence-corrected chi connectivity index (χ1v) is 19.8. The van der Waals surface area contributed by atoms with E-state index in [1.165, 1.54) is 59.4 Å². The minimum atomic E-state index is -1.42. The Labute approximate surface area is 340 Å². The van der Waals surface area contributed by atoms with Gasteiger partial charge in [0.2, 0.25) is 29.4 Å². The average Bonchev–Trinajstić information content (AvgIpc) is 3.88. The largest absolute Gasteiger partial charge is 0.502 e. The number of hydrogen-bond donors (Lipinski definition) is 1. The molecular formula is C42H36ClN5O9S. The predicted molar refractivity (Wildman–Crippen MR) is 215 cm³/mol. The third-order valence-electron chi connectivity index (χ3n) is 12.6. The monoisotopic (exact) mass is 821 g/mol. The van der Waals surface area contributed by atoms with Crippen molar-refractivity contribution in [2.75, 3.05) is 24.0 Å². The number of nitro groups is 1. The minimum Gasteiger partial charge on any atom is -0.502 e. The summed E-state index contributed by atoms with van der Waals surface area (Å²) in [6.07, 6.45) is 2.13. The fourth-order valence-corrected chi connectivity index (χ4v) is 11.2. The molecule has 4 heterocycles. The van der Waals surface area contributed by atoms with E-state index in [1.807, 2.05) is 31.2 Å². The number of halogens is 1. The van der Waals surface area contributed by atoms with Gasteiger partial charge in [-0.25, -0.2) is 9.80 Å². The van der Waals surface area contributed by atoms with Crippen LogP contribution in [-0.2, 0) is 26.2 Å². The molecule has 1 N–H and O–H groups in total. The summed E-state index contributed by atoms with van der Waals surface area (Å²) in [5.41, 5.74) is 1.15. The lowest BCUT2D eigenvalue weighted by Crippen LogP contribution is -2.49. The number of amides is 4. The number of fused-ring (bicyclic) bond motifs is 5. The van der Waals surface area contributed by atoms with Crippen LogP contribution >= 0.6 is 22.9 Å². The quantitative estimate of drug-likeness (QED) is 0.0758. The lowest BCUT2D eigenvalue weighted by atomic mass is 9.51. The standard InChI is InChI=1S/C42H36ClN5O9S/c1-19-26-15-21(43)9-12-32(26)58-37(19)29-18-33(45(3)44-29)47-39(51)28-17-27-24(35(42(28,2)41(47)53)20-13-30(56-4)36(49)31(14-20)57-5)10-11-25-34(27)40(52)46(38(25)50)22-7-6-8-23(16-22)48(54)55/h6-10,12-16,18,25,27-28,34-35,49H,11,17H2,1-5H3/t25-,27+,28-,34-,35-,42+/m0/s1. The van der Waals surface area contributed by atoms with Gasteiger partial charge in [-0.2, -0.15) is 5.10 Å². The highest BCUT2D eigenvalue weighted by atomic mass is 35.5. The first kappa shape index (κ1) is 37.5. The van der Waals surface area contributed by atoms with Gasteiger partial charge in [0.05, 0.1) is 52.9 Å². The number of methoxy groups -OCH3 is 2. The van der Waals surface area contributed by atoms with E-state index < -0.39 is 63.6 Å². The van der Waals surface area contributed by atoms with Crippen molar-refractivity contribution in [1.29, 1.82) is 0 Å². The van der Waals surface area contributed by atoms with Crippen molar-refractivity contribution in [1.82, 2.24) is 9.78 Å². The number of aryl methyl sites for hydroxylation is 2. The number of benzene rings is 3. The van der Waals surface area contributed by atoms with E-state index >= 15 is 4.79 Å². The fraction of sp³-hybridized carbons (Fsp3) is 0.310. The molecule has 0 bridgehead atoms. The molecule has 6 atom stereocenters. The van der Waals surface area contributed by atoms with Crippen molar-refractivity contribution in [2.24, 2.45) is 36.1 Å². The molecular weight excluding hydrogens is 786 g/mol. The number of anilines is 2. The number of thiophene rings is 1. The van der Waals surface area contributed by atoms with Crippen LogP contribution in [0.15, 0.2) is 72.3 Å². The van der Waals surface area contributed by atoms with Crippen LogP contribution in [0.2, 0.25) is 5.02 Å². The van der Waals surface area contributed by atoms with Crippen LogP contribution in [0, 0.1) is 46.1 Å². The smallest absolute Gasteiger partial charge is 0.271 e. The number of nitro benzene ring substituents is 1. The number of nitrogens with zero attached hydrogens (tertiary/aromatic N) is 5. The first-order chi connectivity index (χ1) is 27.7. The zero-order valence-electron chi connectivity index (χ0n) is 31.9. The van der Waals surface area contributed by atoms with Crippen LogP contribution in [-0.4, -0.2) is 57.7 Å². The average molecular weight is 822 g/mol. The molecule has 58 heavy (non-hydrogen) atoms. The predicted octanol–water partition coefficient (Wildman–Crippen LogP) is 7.33. The van der Waals surface area contributed by atoms with Crippen molar-refractivity contribution >= 4 is 73.8 Å². The molecule has 2 aliphatic heterocycles. The zero-order valence-corrected chi connectivity index (χ0v) is 33.5. The van der Waals surface area contributed by atoms with Gasteiger partial charge < -0.3 is 14.6 Å². The molecule has 1 saturated carbocycles. The van der Waals surface area contributed by atoms with Gasteiger partial charge in [0.25, 0.3) is 5.69 Å². The Hall–Kier alpha value is -6.06. The minimum absolute atomic E-state index is 0.0795. The molecule has 2 saturated heterocycles. The number of hydrogen-bond acceptors (Lipinski definition) is 11. The van der Waals surface area contributed by atoms with Crippen LogP contribution in [0.25, 0.3) is 20.7 Å². The lowest BCUT2D eigenvalue weighted by Gasteiger charge is -2.49. The molecule has 296 valence electrons. The SMILES string of the molecule is COc1cc([C@H]2C3=CC[C@@H]4C(=O)N(c5cccc([N+](=O)[O-])c5)C(=O)[C@@H]4[C@@H]3C[C@H]3C(=O)N(c4cc(-c5sc6ccc(Cl)cc6c5C)nn4C)C(=O)[C@@]23C)cc(OC)c1O. The summed E-state index contributed by atoms with van der Waals surface area (Å²) in [5, 5.41) is 28.9. The summed E-state index contributed by atoms with van der Waals surface area (Å²) in [4.78, 5) is 72.9. The molecule has 2 aliphatic carbocycles. The van der Waals surface area contributed by atoms with Crippen molar-refractivity contribution in [3.05, 3.63) is 98.6 Å². The highest BCUT2D eigenvalue weighted by molar-refractivity contribution is 7.22. The van der Waals surface area contributed by atoms with E-state index in [0.717, 1.165) is 25.4 Å². The number of imide groups is 2. The highest BCUT2D eigenvalue weighted by Crippen LogP contribution is 2.64. The number of rotatable bonds is 7. The van der Waals surface area contributed by atoms with E-state index in [1.54, 1.807) is 32.2 Å². The van der Waals surface area contributed by atoms with Crippen LogP contribution in [0.3, 0.4) is 0 Å². The Morgan fingerprint density at radius 1 is 0.966 bits per heavy atom. The zero-order chi connectivity index (χ0) is 41.1. The summed E-state index contributed by atoms with van der Waals surface area (Å²) in [6, 6.07) is 16.0. The van der Waals surface area contributed by atoms with Crippen molar-refractivity contribution in [3.63, 3.8) is 0 Å². The van der Waals surface area contributed by atoms with Gasteiger partial charge in [-0.1, -0.05) is 29.3 Å². The van der Waals surface area contributed by atoms with Gasteiger partial charge in [0, 0.05) is 40.9 Å². The van der Waals surface area contributed by atoms with Crippen LogP contribution in [0.5, 0.6) is 17.2 Å². The topological polar surface area (TPSA) is 174 Å². The highest BCUT2D eigenvalue weighted by Gasteiger charge is 2.68. The van der Waals surface area contributed by atoms with E-state index in [0.29, 0.717) is 21.9 Å². The van der Waals surface area contributed by atoms with Crippen LogP contribution in [0.1, 0.15) is 36.8 Å². The molecule has 14 nitrogen and oxygen atoms in total. The van der Waals surface area contributed by atoms with Gasteiger partial charge >= 0.3 is 0 Å². The summed E-state index contributed by atoms with van der Waals surface area (Å²) in [5.74, 6) is -5.94. The van der Waals surface area contributed by atoms with Gasteiger partial charge in [0.1, 0.15) is 11.5 Å². The third kappa shape index (κ3) is 5.18. The summed E-state index contributed by atoms with van der Waals surface area (Å²) < 4.78 is 13.6. The van der Waals surface area contributed by atoms with E-state index in [4.69, 9.17) is 26.2 Å². The second-order valence-corrected chi connectivity index (χ2v) is 16.9. The molecule has 2 aromatic heterocycles. The molecule has 5 aromatic rings. The molecule has 0 radical (unpaired) electrons. The van der Waals surface area contributed by atoms with Crippen molar-refractivity contribution in [3.8, 4) is 27.8 Å². The maximum absolute atomic E-state index is 15.2. The van der Waals surface area contributed by atoms with Gasteiger partial charge in [-0.3, -0.25) is 34.0 Å². The Morgan fingerprint density at radius 3 is 2.38 bits per heavy atom. The number of non-ortho nitro benzene ring substituents is 1. The number of carbonyl (C=O) groups excluding carboxylic acids is 4. The van der Waals surface area contributed by atoms with Gasteiger partial charge in [0.15, 0.2) is 11.5 Å². The number of aromatic nitrogens is 2. The van der Waals surface area contributed by atoms with Crippen molar-refractivity contribution in [2.45, 2.75) is 32.6 Å². The number of phenolic OH excluding ortho intramolecular Hbond substituents is 1. The molecule has 9 rings (SSSR count). The number of phenols is 1. The first-order valence-electron chi connectivity index (χ1n) is 18.6. The van der Waals surface area contributed by atoms with Gasteiger partial charge in [-0.15, -0.1) is 11.3 Å². The molecule has 3 aromatic carbocycles. The van der Waals surface area contributed by atoms with Crippen molar-refractivity contribution < 1.29 is 38.7 Å². The summed E-state index contributed by atoms with van der Waals surface area (Å²) in [6.45, 7) is 3.73. The van der Waals surface area contributed by atoms with Crippen LogP contribution in [0.4, 0.5) is 17.2 Å². The molecule has 3 fully saturated rings. The Kier molecular flexibility index (Phi) is 8.57. The maximum Gasteiger partial charge on any atom is 0.271 e. The summed E-state index contributed by atoms with van der Waals surface area (Å²) >= 11 is 7.85.